The average molecular weight is 276 g/mol. The molecule has 0 heterocycles. The normalized spacial score (nSPS) is 12.4. The second kappa shape index (κ2) is 12.0. The molecule has 0 fully saturated rings. The Hall–Kier alpha value is -0.110. The minimum Gasteiger partial charge on any atom is -0.324 e. The van der Waals surface area contributed by atoms with Crippen LogP contribution in [0.25, 0.3) is 0 Å². The highest BCUT2D eigenvalue weighted by Crippen LogP contribution is 2.35. The molecule has 0 atom stereocenters. The van der Waals surface area contributed by atoms with E-state index in [2.05, 4.69) is 19.1 Å². The highest BCUT2D eigenvalue weighted by atomic mass is 31.2. The maximum atomic E-state index is 10.6. The van der Waals surface area contributed by atoms with E-state index in [1.54, 1.807) is 0 Å². The number of allylic oxidation sites excluding steroid dienone is 2. The molecule has 0 aliphatic heterocycles. The molecule has 4 heteroatoms. The van der Waals surface area contributed by atoms with Crippen molar-refractivity contribution in [3.05, 3.63) is 12.2 Å². The molecule has 0 bridgehead atoms. The van der Waals surface area contributed by atoms with Gasteiger partial charge < -0.3 is 9.79 Å². The molecule has 18 heavy (non-hydrogen) atoms. The van der Waals surface area contributed by atoms with Crippen molar-refractivity contribution in [2.75, 3.05) is 6.16 Å². The Kier molecular flexibility index (Phi) is 11.9. The van der Waals surface area contributed by atoms with Crippen molar-refractivity contribution in [2.45, 2.75) is 71.1 Å². The van der Waals surface area contributed by atoms with Gasteiger partial charge in [0.05, 0.1) is 0 Å². The van der Waals surface area contributed by atoms with Crippen LogP contribution in [0.3, 0.4) is 0 Å². The largest absolute Gasteiger partial charge is 0.325 e. The van der Waals surface area contributed by atoms with E-state index in [9.17, 15) is 4.57 Å². The van der Waals surface area contributed by atoms with Crippen LogP contribution in [0.5, 0.6) is 0 Å². The van der Waals surface area contributed by atoms with Gasteiger partial charge >= 0.3 is 7.60 Å². The molecule has 2 N–H and O–H groups in total. The summed E-state index contributed by atoms with van der Waals surface area (Å²) in [6.45, 7) is 2.21. The summed E-state index contributed by atoms with van der Waals surface area (Å²) in [5.74, 6) is 0. The van der Waals surface area contributed by atoms with E-state index in [-0.39, 0.29) is 6.16 Å². The first-order valence-electron chi connectivity index (χ1n) is 7.26. The van der Waals surface area contributed by atoms with E-state index in [1.807, 2.05) is 0 Å². The second-order valence-corrected chi connectivity index (χ2v) is 6.69. The SMILES string of the molecule is CCCCC=CCCCCCCCCP(=O)(O)O. The first kappa shape index (κ1) is 17.9. The summed E-state index contributed by atoms with van der Waals surface area (Å²) in [7, 11) is -3.75. The van der Waals surface area contributed by atoms with Crippen molar-refractivity contribution in [3.8, 4) is 0 Å². The van der Waals surface area contributed by atoms with Gasteiger partial charge in [-0.3, -0.25) is 4.57 Å². The lowest BCUT2D eigenvalue weighted by Gasteiger charge is -2.03. The van der Waals surface area contributed by atoms with Gasteiger partial charge in [0.2, 0.25) is 0 Å². The molecule has 0 unspecified atom stereocenters. The van der Waals surface area contributed by atoms with Crippen LogP contribution in [-0.2, 0) is 4.57 Å². The molecule has 0 rings (SSSR count). The Morgan fingerprint density at radius 2 is 1.33 bits per heavy atom. The van der Waals surface area contributed by atoms with Gasteiger partial charge in [0, 0.05) is 6.16 Å². The van der Waals surface area contributed by atoms with E-state index in [4.69, 9.17) is 9.79 Å². The number of hydrogen-bond donors (Lipinski definition) is 2. The van der Waals surface area contributed by atoms with Gasteiger partial charge in [-0.1, -0.05) is 57.6 Å². The fourth-order valence-corrected chi connectivity index (χ4v) is 2.48. The summed E-state index contributed by atoms with van der Waals surface area (Å²) in [4.78, 5) is 17.4. The highest BCUT2D eigenvalue weighted by molar-refractivity contribution is 7.51. The minimum atomic E-state index is -3.75. The molecule has 0 spiro atoms. The minimum absolute atomic E-state index is 0.0488. The van der Waals surface area contributed by atoms with Crippen molar-refractivity contribution in [1.82, 2.24) is 0 Å². The summed E-state index contributed by atoms with van der Waals surface area (Å²) in [5, 5.41) is 0. The summed E-state index contributed by atoms with van der Waals surface area (Å²) in [6.07, 6.45) is 15.9. The molecule has 108 valence electrons. The third-order valence-corrected chi connectivity index (χ3v) is 3.86. The predicted octanol–water partition coefficient (Wildman–Crippen LogP) is 4.64. The van der Waals surface area contributed by atoms with Crippen LogP contribution >= 0.6 is 7.60 Å². The van der Waals surface area contributed by atoms with Gasteiger partial charge in [-0.05, 0) is 25.7 Å². The smallest absolute Gasteiger partial charge is 0.324 e. The standard InChI is InChI=1S/C14H29O3P/c1-2-3-4-5-6-7-8-9-10-11-12-13-14-18(15,16)17/h5-6H,2-4,7-14H2,1H3,(H2,15,16,17). The molecular formula is C14H29O3P. The topological polar surface area (TPSA) is 57.5 Å². The van der Waals surface area contributed by atoms with Gasteiger partial charge in [0.1, 0.15) is 0 Å². The summed E-state index contributed by atoms with van der Waals surface area (Å²) in [5.41, 5.74) is 0. The lowest BCUT2D eigenvalue weighted by molar-refractivity contribution is 0.370. The van der Waals surface area contributed by atoms with E-state index in [0.717, 1.165) is 12.8 Å². The summed E-state index contributed by atoms with van der Waals surface area (Å²) >= 11 is 0. The van der Waals surface area contributed by atoms with Crippen LogP contribution in [0.2, 0.25) is 0 Å². The monoisotopic (exact) mass is 276 g/mol. The Morgan fingerprint density at radius 1 is 0.833 bits per heavy atom. The molecular weight excluding hydrogens is 247 g/mol. The Balaban J connectivity index is 3.12. The number of unbranched alkanes of at least 4 members (excludes halogenated alkanes) is 8. The molecule has 0 radical (unpaired) electrons. The maximum absolute atomic E-state index is 10.6. The van der Waals surface area contributed by atoms with E-state index in [0.29, 0.717) is 6.42 Å². The van der Waals surface area contributed by atoms with Crippen molar-refractivity contribution in [2.24, 2.45) is 0 Å². The number of rotatable bonds is 12. The molecule has 0 amide bonds. The molecule has 3 nitrogen and oxygen atoms in total. The van der Waals surface area contributed by atoms with E-state index in [1.165, 1.54) is 44.9 Å². The van der Waals surface area contributed by atoms with E-state index >= 15 is 0 Å². The predicted molar refractivity (Wildman–Crippen MR) is 77.9 cm³/mol. The fourth-order valence-electron chi connectivity index (χ4n) is 1.84. The molecule has 0 saturated carbocycles. The van der Waals surface area contributed by atoms with Crippen LogP contribution in [0.1, 0.15) is 71.1 Å². The second-order valence-electron chi connectivity index (χ2n) is 4.91. The quantitative estimate of drug-likeness (QED) is 0.310. The summed E-state index contributed by atoms with van der Waals surface area (Å²) < 4.78 is 10.6. The lowest BCUT2D eigenvalue weighted by atomic mass is 10.1. The van der Waals surface area contributed by atoms with Crippen molar-refractivity contribution in [3.63, 3.8) is 0 Å². The molecule has 0 aromatic heterocycles. The molecule has 0 aromatic carbocycles. The third kappa shape index (κ3) is 15.9. The number of hydrogen-bond acceptors (Lipinski definition) is 1. The first-order chi connectivity index (χ1) is 8.56. The lowest BCUT2D eigenvalue weighted by Crippen LogP contribution is -1.88. The highest BCUT2D eigenvalue weighted by Gasteiger charge is 2.10. The zero-order valence-electron chi connectivity index (χ0n) is 11.7. The Labute approximate surface area is 112 Å². The molecule has 0 aliphatic rings. The Bertz CT molecular complexity index is 245. The fraction of sp³-hybridized carbons (Fsp3) is 0.857. The summed E-state index contributed by atoms with van der Waals surface area (Å²) in [6, 6.07) is 0. The van der Waals surface area contributed by atoms with Crippen LogP contribution in [0.4, 0.5) is 0 Å². The van der Waals surface area contributed by atoms with Crippen LogP contribution in [-0.4, -0.2) is 15.9 Å². The zero-order valence-corrected chi connectivity index (χ0v) is 12.6. The molecule has 0 aromatic rings. The van der Waals surface area contributed by atoms with Gasteiger partial charge in [0.15, 0.2) is 0 Å². The molecule has 0 saturated heterocycles. The van der Waals surface area contributed by atoms with Gasteiger partial charge in [-0.15, -0.1) is 0 Å². The van der Waals surface area contributed by atoms with Gasteiger partial charge in [0.25, 0.3) is 0 Å². The zero-order chi connectivity index (χ0) is 13.7. The van der Waals surface area contributed by atoms with Gasteiger partial charge in [-0.2, -0.15) is 0 Å². The Morgan fingerprint density at radius 3 is 1.89 bits per heavy atom. The maximum Gasteiger partial charge on any atom is 0.325 e. The van der Waals surface area contributed by atoms with Crippen molar-refractivity contribution < 1.29 is 14.4 Å². The van der Waals surface area contributed by atoms with Crippen LogP contribution in [0.15, 0.2) is 12.2 Å². The van der Waals surface area contributed by atoms with Crippen LogP contribution < -0.4 is 0 Å². The van der Waals surface area contributed by atoms with Crippen molar-refractivity contribution in [1.29, 1.82) is 0 Å². The molecule has 0 aliphatic carbocycles. The van der Waals surface area contributed by atoms with Crippen LogP contribution in [0, 0.1) is 0 Å². The first-order valence-corrected chi connectivity index (χ1v) is 9.05. The third-order valence-electron chi connectivity index (χ3n) is 2.96. The van der Waals surface area contributed by atoms with Crippen molar-refractivity contribution >= 4 is 7.60 Å². The van der Waals surface area contributed by atoms with Gasteiger partial charge in [-0.25, -0.2) is 0 Å². The average Bonchev–Trinajstić information content (AvgIpc) is 2.29. The van der Waals surface area contributed by atoms with E-state index < -0.39 is 7.60 Å².